The van der Waals surface area contributed by atoms with Crippen LogP contribution in [0.1, 0.15) is 43.5 Å². The van der Waals surface area contributed by atoms with Crippen molar-refractivity contribution < 1.29 is 27.2 Å². The SMILES string of the molecule is CCCc1c(OCCCS(=O)(=O)c2ccc(CC(=O)OC)cc2Cl)ccc2c(CC)noc12. The van der Waals surface area contributed by atoms with Gasteiger partial charge in [-0.3, -0.25) is 4.79 Å². The zero-order chi connectivity index (χ0) is 24.0. The third-order valence-electron chi connectivity index (χ3n) is 5.33. The number of carbonyl (C=O) groups is 1. The van der Waals surface area contributed by atoms with Crippen LogP contribution in [0.3, 0.4) is 0 Å². The van der Waals surface area contributed by atoms with Gasteiger partial charge in [-0.15, -0.1) is 0 Å². The second kappa shape index (κ2) is 11.0. The number of rotatable bonds is 11. The number of methoxy groups -OCH3 is 1. The summed E-state index contributed by atoms with van der Waals surface area (Å²) < 4.78 is 41.7. The first kappa shape index (κ1) is 25.1. The van der Waals surface area contributed by atoms with E-state index in [1.165, 1.54) is 19.2 Å². The molecule has 0 N–H and O–H groups in total. The van der Waals surface area contributed by atoms with Crippen molar-refractivity contribution in [3.05, 3.63) is 52.2 Å². The van der Waals surface area contributed by atoms with Gasteiger partial charge in [-0.1, -0.05) is 43.1 Å². The molecule has 0 saturated heterocycles. The molecule has 0 spiro atoms. The Morgan fingerprint density at radius 2 is 1.97 bits per heavy atom. The smallest absolute Gasteiger partial charge is 0.309 e. The normalized spacial score (nSPS) is 11.6. The Hall–Kier alpha value is -2.58. The zero-order valence-corrected chi connectivity index (χ0v) is 20.6. The molecule has 9 heteroatoms. The Morgan fingerprint density at radius 1 is 1.18 bits per heavy atom. The highest BCUT2D eigenvalue weighted by molar-refractivity contribution is 7.91. The Kier molecular flexibility index (Phi) is 8.37. The maximum Gasteiger partial charge on any atom is 0.309 e. The lowest BCUT2D eigenvalue weighted by Gasteiger charge is -2.12. The van der Waals surface area contributed by atoms with Gasteiger partial charge in [0.15, 0.2) is 15.4 Å². The van der Waals surface area contributed by atoms with Crippen LogP contribution in [-0.2, 0) is 38.6 Å². The van der Waals surface area contributed by atoms with E-state index in [0.29, 0.717) is 17.7 Å². The second-order valence-electron chi connectivity index (χ2n) is 7.69. The first-order valence-electron chi connectivity index (χ1n) is 10.9. The van der Waals surface area contributed by atoms with Crippen molar-refractivity contribution in [3.8, 4) is 5.75 Å². The maximum absolute atomic E-state index is 12.8. The molecule has 1 heterocycles. The molecule has 0 atom stereocenters. The number of fused-ring (bicyclic) bond motifs is 1. The van der Waals surface area contributed by atoms with Gasteiger partial charge in [-0.2, -0.15) is 0 Å². The quantitative estimate of drug-likeness (QED) is 0.275. The molecule has 178 valence electrons. The Bertz CT molecular complexity index is 1240. The van der Waals surface area contributed by atoms with Crippen LogP contribution in [0.15, 0.2) is 39.8 Å². The molecule has 0 aliphatic rings. The minimum atomic E-state index is -3.61. The van der Waals surface area contributed by atoms with E-state index in [2.05, 4.69) is 16.8 Å². The molecule has 0 bridgehead atoms. The Balaban J connectivity index is 1.66. The van der Waals surface area contributed by atoms with Gasteiger partial charge in [-0.05, 0) is 49.1 Å². The Morgan fingerprint density at radius 3 is 2.64 bits per heavy atom. The van der Waals surface area contributed by atoms with Crippen molar-refractivity contribution in [2.75, 3.05) is 19.5 Å². The fourth-order valence-corrected chi connectivity index (χ4v) is 5.56. The molecular weight excluding hydrogens is 466 g/mol. The summed E-state index contributed by atoms with van der Waals surface area (Å²) in [4.78, 5) is 11.5. The molecule has 33 heavy (non-hydrogen) atoms. The van der Waals surface area contributed by atoms with Crippen LogP contribution in [0.25, 0.3) is 11.0 Å². The highest BCUT2D eigenvalue weighted by atomic mass is 35.5. The summed E-state index contributed by atoms with van der Waals surface area (Å²) in [6.45, 7) is 4.33. The van der Waals surface area contributed by atoms with Crippen LogP contribution in [0, 0.1) is 0 Å². The van der Waals surface area contributed by atoms with Crippen molar-refractivity contribution >= 4 is 38.4 Å². The molecule has 0 aliphatic carbocycles. The summed E-state index contributed by atoms with van der Waals surface area (Å²) in [6, 6.07) is 8.32. The summed E-state index contributed by atoms with van der Waals surface area (Å²) in [5, 5.41) is 5.22. The van der Waals surface area contributed by atoms with Crippen LogP contribution in [0.5, 0.6) is 5.75 Å². The summed E-state index contributed by atoms with van der Waals surface area (Å²) in [7, 11) is -2.31. The van der Waals surface area contributed by atoms with E-state index in [-0.39, 0.29) is 28.7 Å². The fourth-order valence-electron chi connectivity index (χ4n) is 3.65. The molecule has 0 amide bonds. The molecular formula is C24H28ClNO6S. The molecule has 7 nitrogen and oxygen atoms in total. The minimum absolute atomic E-state index is 0.0275. The molecule has 2 aromatic carbocycles. The Labute approximate surface area is 198 Å². The number of sulfone groups is 1. The van der Waals surface area contributed by atoms with E-state index < -0.39 is 15.8 Å². The van der Waals surface area contributed by atoms with Crippen molar-refractivity contribution in [1.82, 2.24) is 5.16 Å². The molecule has 0 unspecified atom stereocenters. The van der Waals surface area contributed by atoms with Crippen molar-refractivity contribution in [1.29, 1.82) is 0 Å². The third kappa shape index (κ3) is 5.86. The number of aryl methyl sites for hydroxylation is 2. The minimum Gasteiger partial charge on any atom is -0.493 e. The molecule has 1 aromatic heterocycles. The van der Waals surface area contributed by atoms with Gasteiger partial charge in [0.05, 0.1) is 41.5 Å². The average Bonchev–Trinajstić information content (AvgIpc) is 3.21. The maximum atomic E-state index is 12.8. The molecule has 3 rings (SSSR count). The van der Waals surface area contributed by atoms with E-state index in [1.54, 1.807) is 6.07 Å². The molecule has 3 aromatic rings. The predicted octanol–water partition coefficient (Wildman–Crippen LogP) is 4.95. The van der Waals surface area contributed by atoms with Crippen LogP contribution in [0.2, 0.25) is 5.02 Å². The highest BCUT2D eigenvalue weighted by Gasteiger charge is 2.20. The standard InChI is InChI=1S/C24H28ClNO6S/c1-4-7-18-21(10-9-17-20(5-2)26-32-24(17)18)31-12-6-13-33(28,29)22-11-8-16(14-19(22)25)15-23(27)30-3/h8-11,14H,4-7,12-13,15H2,1-3H3. The van der Waals surface area contributed by atoms with E-state index in [0.717, 1.165) is 41.5 Å². The second-order valence-corrected chi connectivity index (χ2v) is 10.2. The number of aromatic nitrogens is 1. The number of halogens is 1. The van der Waals surface area contributed by atoms with Gasteiger partial charge in [-0.25, -0.2) is 8.42 Å². The lowest BCUT2D eigenvalue weighted by atomic mass is 10.0. The van der Waals surface area contributed by atoms with Crippen LogP contribution in [0.4, 0.5) is 0 Å². The molecule has 0 saturated carbocycles. The molecule has 0 fully saturated rings. The summed E-state index contributed by atoms with van der Waals surface area (Å²) in [5.74, 6) is 0.151. The van der Waals surface area contributed by atoms with E-state index in [4.69, 9.17) is 20.9 Å². The fraction of sp³-hybridized carbons (Fsp3) is 0.417. The highest BCUT2D eigenvalue weighted by Crippen LogP contribution is 2.32. The van der Waals surface area contributed by atoms with Crippen LogP contribution < -0.4 is 4.74 Å². The van der Waals surface area contributed by atoms with Gasteiger partial charge in [0, 0.05) is 10.9 Å². The topological polar surface area (TPSA) is 95.7 Å². The van der Waals surface area contributed by atoms with Gasteiger partial charge in [0.2, 0.25) is 0 Å². The van der Waals surface area contributed by atoms with Crippen LogP contribution >= 0.6 is 11.6 Å². The average molecular weight is 494 g/mol. The number of benzene rings is 2. The number of hydrogen-bond acceptors (Lipinski definition) is 7. The number of ether oxygens (including phenoxy) is 2. The summed E-state index contributed by atoms with van der Waals surface area (Å²) in [6.07, 6.45) is 2.79. The summed E-state index contributed by atoms with van der Waals surface area (Å²) >= 11 is 6.20. The number of carbonyl (C=O) groups excluding carboxylic acids is 1. The number of hydrogen-bond donors (Lipinski definition) is 0. The van der Waals surface area contributed by atoms with Crippen molar-refractivity contribution in [2.45, 2.75) is 50.8 Å². The lowest BCUT2D eigenvalue weighted by molar-refractivity contribution is -0.139. The van der Waals surface area contributed by atoms with Crippen LogP contribution in [-0.4, -0.2) is 39.0 Å². The van der Waals surface area contributed by atoms with E-state index in [1.807, 2.05) is 19.1 Å². The number of esters is 1. The van der Waals surface area contributed by atoms with Gasteiger partial charge in [0.1, 0.15) is 5.75 Å². The first-order valence-corrected chi connectivity index (χ1v) is 12.9. The summed E-state index contributed by atoms with van der Waals surface area (Å²) in [5.41, 5.74) is 3.19. The lowest BCUT2D eigenvalue weighted by Crippen LogP contribution is -2.12. The predicted molar refractivity (Wildman–Crippen MR) is 127 cm³/mol. The third-order valence-corrected chi connectivity index (χ3v) is 7.61. The number of nitrogens with zero attached hydrogens (tertiary/aromatic N) is 1. The van der Waals surface area contributed by atoms with Gasteiger partial charge in [0.25, 0.3) is 0 Å². The van der Waals surface area contributed by atoms with E-state index >= 15 is 0 Å². The van der Waals surface area contributed by atoms with Crippen molar-refractivity contribution in [2.24, 2.45) is 0 Å². The molecule has 0 aliphatic heterocycles. The van der Waals surface area contributed by atoms with E-state index in [9.17, 15) is 13.2 Å². The monoisotopic (exact) mass is 493 g/mol. The largest absolute Gasteiger partial charge is 0.493 e. The van der Waals surface area contributed by atoms with Gasteiger partial charge < -0.3 is 14.0 Å². The first-order chi connectivity index (χ1) is 15.8. The zero-order valence-electron chi connectivity index (χ0n) is 19.0. The van der Waals surface area contributed by atoms with Gasteiger partial charge >= 0.3 is 5.97 Å². The van der Waals surface area contributed by atoms with Crippen molar-refractivity contribution in [3.63, 3.8) is 0 Å². The molecule has 0 radical (unpaired) electrons.